The van der Waals surface area contributed by atoms with Crippen LogP contribution in [0.5, 0.6) is 0 Å². The third-order valence-corrected chi connectivity index (χ3v) is 14.7. The first-order valence-electron chi connectivity index (χ1n) is 8.68. The summed E-state index contributed by atoms with van der Waals surface area (Å²) in [4.78, 5) is 0. The summed E-state index contributed by atoms with van der Waals surface area (Å²) in [6, 6.07) is 2.76. The van der Waals surface area contributed by atoms with Gasteiger partial charge in [-0.2, -0.15) is 0 Å². The Morgan fingerprint density at radius 1 is 0.500 bits per heavy atom. The number of hydrogen-bond donors (Lipinski definition) is 0. The minimum atomic E-state index is -1.64. The van der Waals surface area contributed by atoms with Crippen LogP contribution in [0.4, 0.5) is 0 Å². The number of unbranched alkanes of at least 4 members (excludes halogenated alkanes) is 3. The van der Waals surface area contributed by atoms with E-state index in [1.54, 1.807) is 0 Å². The molecule has 0 saturated heterocycles. The van der Waals surface area contributed by atoms with Crippen molar-refractivity contribution in [2.24, 2.45) is 0 Å². The Morgan fingerprint density at radius 3 is 1.18 bits per heavy atom. The van der Waals surface area contributed by atoms with E-state index in [0.29, 0.717) is 0 Å². The van der Waals surface area contributed by atoms with Gasteiger partial charge in [0.05, 0.1) is 0 Å². The summed E-state index contributed by atoms with van der Waals surface area (Å²) in [5.41, 5.74) is 0. The Balaban J connectivity index is 4.27. The highest BCUT2D eigenvalue weighted by molar-refractivity contribution is 6.74. The van der Waals surface area contributed by atoms with E-state index in [0.717, 1.165) is 0 Å². The highest BCUT2D eigenvalue weighted by Gasteiger charge is 2.41. The van der Waals surface area contributed by atoms with Gasteiger partial charge in [0.1, 0.15) is 8.24 Å². The molecule has 0 N–H and O–H groups in total. The van der Waals surface area contributed by atoms with Gasteiger partial charge in [-0.25, -0.2) is 0 Å². The van der Waals surface area contributed by atoms with Crippen molar-refractivity contribution >= 4 is 16.8 Å². The Hall–Kier alpha value is 0.274. The standard InChI is InChI=1S/C16H42N4Si2/c1-17(2)21(9,10)15-13-11-12-14-16-22(18(3)4,19(5)6)20(7)8/h11-16H2,1-10H3. The Kier molecular flexibility index (Phi) is 9.66. The first-order chi connectivity index (χ1) is 9.98. The van der Waals surface area contributed by atoms with E-state index < -0.39 is 16.8 Å². The topological polar surface area (TPSA) is 13.0 Å². The lowest BCUT2D eigenvalue weighted by atomic mass is 10.2. The molecule has 4 nitrogen and oxygen atoms in total. The molecule has 0 aromatic carbocycles. The van der Waals surface area contributed by atoms with E-state index >= 15 is 0 Å². The number of rotatable bonds is 11. The van der Waals surface area contributed by atoms with Gasteiger partial charge in [0.25, 0.3) is 8.56 Å². The van der Waals surface area contributed by atoms with E-state index in [2.05, 4.69) is 87.7 Å². The summed E-state index contributed by atoms with van der Waals surface area (Å²) in [5, 5.41) is 0. The number of hydrogen-bond acceptors (Lipinski definition) is 4. The molecular weight excluding hydrogens is 304 g/mol. The van der Waals surface area contributed by atoms with E-state index in [4.69, 9.17) is 0 Å². The highest BCUT2D eigenvalue weighted by atomic mass is 28.4. The molecule has 0 aliphatic carbocycles. The molecule has 0 atom stereocenters. The molecule has 0 bridgehead atoms. The van der Waals surface area contributed by atoms with E-state index in [1.165, 1.54) is 37.8 Å². The fourth-order valence-electron chi connectivity index (χ4n) is 3.37. The summed E-state index contributed by atoms with van der Waals surface area (Å²) in [7, 11) is 15.2. The monoisotopic (exact) mass is 346 g/mol. The summed E-state index contributed by atoms with van der Waals surface area (Å²) in [6.45, 7) is 4.96. The SMILES string of the molecule is CN(C)[Si](C)(C)CCCCCC[Si](N(C)C)(N(C)C)N(C)C. The second-order valence-corrected chi connectivity index (χ2v) is 17.8. The summed E-state index contributed by atoms with van der Waals surface area (Å²) < 4.78 is 9.92. The summed E-state index contributed by atoms with van der Waals surface area (Å²) >= 11 is 0. The molecular formula is C16H42N4Si2. The Labute approximate surface area is 142 Å². The van der Waals surface area contributed by atoms with Gasteiger partial charge in [-0.15, -0.1) is 0 Å². The highest BCUT2D eigenvalue weighted by Crippen LogP contribution is 2.23. The number of nitrogens with zero attached hydrogens (tertiary/aromatic N) is 4. The minimum Gasteiger partial charge on any atom is -0.329 e. The van der Waals surface area contributed by atoms with Crippen LogP contribution < -0.4 is 0 Å². The smallest absolute Gasteiger partial charge is 0.288 e. The normalized spacial score (nSPS) is 13.9. The van der Waals surface area contributed by atoms with Crippen molar-refractivity contribution in [3.63, 3.8) is 0 Å². The second-order valence-electron chi connectivity index (χ2n) is 8.08. The third kappa shape index (κ3) is 6.05. The zero-order valence-corrected chi connectivity index (χ0v) is 19.0. The van der Waals surface area contributed by atoms with Crippen molar-refractivity contribution in [1.82, 2.24) is 18.3 Å². The zero-order chi connectivity index (χ0) is 17.6. The molecule has 0 aliphatic heterocycles. The molecule has 0 heterocycles. The molecule has 0 amide bonds. The lowest BCUT2D eigenvalue weighted by Gasteiger charge is -2.46. The van der Waals surface area contributed by atoms with Crippen molar-refractivity contribution in [3.05, 3.63) is 0 Å². The van der Waals surface area contributed by atoms with Gasteiger partial charge in [-0.1, -0.05) is 38.8 Å². The van der Waals surface area contributed by atoms with Gasteiger partial charge in [0, 0.05) is 0 Å². The van der Waals surface area contributed by atoms with Crippen molar-refractivity contribution in [3.8, 4) is 0 Å². The van der Waals surface area contributed by atoms with Gasteiger partial charge < -0.3 is 18.3 Å². The van der Waals surface area contributed by atoms with Gasteiger partial charge in [-0.05, 0) is 68.5 Å². The largest absolute Gasteiger partial charge is 0.329 e. The molecule has 0 fully saturated rings. The van der Waals surface area contributed by atoms with Crippen LogP contribution in [0.3, 0.4) is 0 Å². The maximum Gasteiger partial charge on any atom is 0.288 e. The molecule has 6 heteroatoms. The van der Waals surface area contributed by atoms with E-state index in [-0.39, 0.29) is 0 Å². The predicted octanol–water partition coefficient (Wildman–Crippen LogP) is 2.94. The van der Waals surface area contributed by atoms with E-state index in [9.17, 15) is 0 Å². The Morgan fingerprint density at radius 2 is 0.864 bits per heavy atom. The maximum absolute atomic E-state index is 2.48. The molecule has 0 aliphatic rings. The van der Waals surface area contributed by atoms with Crippen molar-refractivity contribution in [1.29, 1.82) is 0 Å². The molecule has 0 unspecified atom stereocenters. The first kappa shape index (κ1) is 22.3. The van der Waals surface area contributed by atoms with E-state index in [1.807, 2.05) is 0 Å². The van der Waals surface area contributed by atoms with Gasteiger partial charge in [0.15, 0.2) is 0 Å². The minimum absolute atomic E-state index is 1.11. The van der Waals surface area contributed by atoms with Crippen LogP contribution in [-0.2, 0) is 0 Å². The van der Waals surface area contributed by atoms with Crippen molar-refractivity contribution < 1.29 is 0 Å². The molecule has 0 saturated carbocycles. The fourth-order valence-corrected chi connectivity index (χ4v) is 9.40. The van der Waals surface area contributed by atoms with Crippen LogP contribution in [0.25, 0.3) is 0 Å². The average Bonchev–Trinajstić information content (AvgIpc) is 2.36. The van der Waals surface area contributed by atoms with Crippen LogP contribution >= 0.6 is 0 Å². The second kappa shape index (κ2) is 9.54. The molecule has 0 radical (unpaired) electrons. The van der Waals surface area contributed by atoms with Gasteiger partial charge in [-0.3, -0.25) is 0 Å². The zero-order valence-electron chi connectivity index (χ0n) is 17.0. The first-order valence-corrected chi connectivity index (χ1v) is 13.9. The van der Waals surface area contributed by atoms with Crippen LogP contribution in [0.2, 0.25) is 25.2 Å². The third-order valence-electron chi connectivity index (χ3n) is 5.41. The molecule has 0 aromatic heterocycles. The Bertz CT molecular complexity index is 283. The van der Waals surface area contributed by atoms with Crippen LogP contribution in [-0.4, -0.2) is 91.4 Å². The molecule has 0 rings (SSSR count). The molecule has 22 heavy (non-hydrogen) atoms. The van der Waals surface area contributed by atoms with Crippen molar-refractivity contribution in [2.45, 2.75) is 50.9 Å². The predicted molar refractivity (Wildman–Crippen MR) is 106 cm³/mol. The lowest BCUT2D eigenvalue weighted by Crippen LogP contribution is -2.69. The average molecular weight is 347 g/mol. The molecule has 134 valence electrons. The fraction of sp³-hybridized carbons (Fsp3) is 1.00. The maximum atomic E-state index is 2.48. The lowest BCUT2D eigenvalue weighted by molar-refractivity contribution is 0.372. The molecule has 0 spiro atoms. The van der Waals surface area contributed by atoms with Crippen LogP contribution in [0.1, 0.15) is 25.7 Å². The van der Waals surface area contributed by atoms with Crippen molar-refractivity contribution in [2.75, 3.05) is 56.4 Å². The summed E-state index contributed by atoms with van der Waals surface area (Å²) in [5.74, 6) is 0. The van der Waals surface area contributed by atoms with Gasteiger partial charge in [0.2, 0.25) is 0 Å². The quantitative estimate of drug-likeness (QED) is 0.421. The van der Waals surface area contributed by atoms with Crippen LogP contribution in [0.15, 0.2) is 0 Å². The van der Waals surface area contributed by atoms with Crippen LogP contribution in [0, 0.1) is 0 Å². The van der Waals surface area contributed by atoms with Gasteiger partial charge >= 0.3 is 0 Å². The summed E-state index contributed by atoms with van der Waals surface area (Å²) in [6.07, 6.45) is 5.52. The molecule has 0 aromatic rings.